The minimum Gasteiger partial charge on any atom is -0.422 e. The molecule has 0 saturated heterocycles. The first-order chi connectivity index (χ1) is 7.70. The van der Waals surface area contributed by atoms with E-state index in [4.69, 9.17) is 9.47 Å². The van der Waals surface area contributed by atoms with E-state index in [1.165, 1.54) is 12.3 Å². The minimum atomic E-state index is -0.430. The number of aryl methyl sites for hydroxylation is 1. The number of carbonyl (C=O) groups excluding carboxylic acids is 2. The summed E-state index contributed by atoms with van der Waals surface area (Å²) < 4.78 is 10.2. The topological polar surface area (TPSA) is 65.5 Å². The van der Waals surface area contributed by atoms with Crippen molar-refractivity contribution in [1.82, 2.24) is 4.98 Å². The summed E-state index contributed by atoms with van der Waals surface area (Å²) >= 11 is 0. The number of hydrogen-bond acceptors (Lipinski definition) is 5. The maximum absolute atomic E-state index is 11.4. The predicted molar refractivity (Wildman–Crippen MR) is 54.1 cm³/mol. The van der Waals surface area contributed by atoms with Crippen molar-refractivity contribution in [1.29, 1.82) is 0 Å². The highest BCUT2D eigenvalue weighted by atomic mass is 16.6. The predicted octanol–water partition coefficient (Wildman–Crippen LogP) is 1.25. The number of nitrogens with zero attached hydrogens (tertiary/aromatic N) is 1. The quantitative estimate of drug-likeness (QED) is 0.667. The van der Waals surface area contributed by atoms with Gasteiger partial charge in [-0.1, -0.05) is 6.92 Å². The molecule has 1 aromatic heterocycles. The summed E-state index contributed by atoms with van der Waals surface area (Å²) in [6.45, 7) is 1.89. The molecule has 5 heteroatoms. The van der Waals surface area contributed by atoms with Crippen molar-refractivity contribution >= 4 is 11.9 Å². The summed E-state index contributed by atoms with van der Waals surface area (Å²) in [5.41, 5.74) is 0.612. The number of pyridine rings is 1. The number of hydrogen-bond donors (Lipinski definition) is 0. The molecule has 0 fully saturated rings. The largest absolute Gasteiger partial charge is 0.422 e. The SMILES string of the molecule is CCc1nccc2c1OC(=O)CCC(=O)O2. The van der Waals surface area contributed by atoms with Gasteiger partial charge in [0.25, 0.3) is 0 Å². The van der Waals surface area contributed by atoms with Crippen molar-refractivity contribution in [3.63, 3.8) is 0 Å². The summed E-state index contributed by atoms with van der Waals surface area (Å²) in [5, 5.41) is 0. The number of carbonyl (C=O) groups is 2. The Kier molecular flexibility index (Phi) is 2.85. The lowest BCUT2D eigenvalue weighted by atomic mass is 10.2. The summed E-state index contributed by atoms with van der Waals surface area (Å²) in [5.74, 6) is -0.320. The van der Waals surface area contributed by atoms with E-state index < -0.39 is 11.9 Å². The van der Waals surface area contributed by atoms with Crippen molar-refractivity contribution < 1.29 is 19.1 Å². The Hall–Kier alpha value is -1.91. The van der Waals surface area contributed by atoms with Gasteiger partial charge < -0.3 is 9.47 Å². The lowest BCUT2D eigenvalue weighted by Gasteiger charge is -2.15. The fourth-order valence-corrected chi connectivity index (χ4v) is 1.46. The Morgan fingerprint density at radius 1 is 1.25 bits per heavy atom. The zero-order chi connectivity index (χ0) is 11.5. The number of fused-ring (bicyclic) bond motifs is 1. The van der Waals surface area contributed by atoms with E-state index in [1.54, 1.807) is 0 Å². The van der Waals surface area contributed by atoms with Crippen LogP contribution in [0.2, 0.25) is 0 Å². The van der Waals surface area contributed by atoms with E-state index >= 15 is 0 Å². The molecule has 1 aliphatic rings. The molecule has 84 valence electrons. The van der Waals surface area contributed by atoms with Gasteiger partial charge >= 0.3 is 11.9 Å². The van der Waals surface area contributed by atoms with E-state index in [-0.39, 0.29) is 24.3 Å². The van der Waals surface area contributed by atoms with Gasteiger partial charge in [0, 0.05) is 12.3 Å². The normalized spacial score (nSPS) is 15.6. The highest BCUT2D eigenvalue weighted by Gasteiger charge is 2.21. The van der Waals surface area contributed by atoms with Crippen LogP contribution in [0.1, 0.15) is 25.5 Å². The molecule has 0 atom stereocenters. The van der Waals surface area contributed by atoms with Crippen LogP contribution in [0.3, 0.4) is 0 Å². The van der Waals surface area contributed by atoms with Crippen molar-refractivity contribution in [2.45, 2.75) is 26.2 Å². The molecule has 0 aromatic carbocycles. The van der Waals surface area contributed by atoms with Crippen molar-refractivity contribution in [3.8, 4) is 11.5 Å². The van der Waals surface area contributed by atoms with Crippen LogP contribution in [0, 0.1) is 0 Å². The molecule has 0 unspecified atom stereocenters. The first kappa shape index (κ1) is 10.6. The molecular formula is C11H11NO4. The van der Waals surface area contributed by atoms with Gasteiger partial charge in [0.15, 0.2) is 11.5 Å². The highest BCUT2D eigenvalue weighted by Crippen LogP contribution is 2.32. The number of aromatic nitrogens is 1. The van der Waals surface area contributed by atoms with E-state index in [0.29, 0.717) is 12.1 Å². The first-order valence-electron chi connectivity index (χ1n) is 5.10. The fourth-order valence-electron chi connectivity index (χ4n) is 1.46. The third-order valence-electron chi connectivity index (χ3n) is 2.25. The monoisotopic (exact) mass is 221 g/mol. The highest BCUT2D eigenvalue weighted by molar-refractivity contribution is 5.83. The lowest BCUT2D eigenvalue weighted by molar-refractivity contribution is -0.142. The summed E-state index contributed by atoms with van der Waals surface area (Å²) in [6, 6.07) is 1.52. The first-order valence-corrected chi connectivity index (χ1v) is 5.10. The molecule has 2 rings (SSSR count). The molecule has 2 heterocycles. The van der Waals surface area contributed by atoms with Crippen LogP contribution < -0.4 is 9.47 Å². The molecule has 1 aliphatic heterocycles. The summed E-state index contributed by atoms with van der Waals surface area (Å²) in [4.78, 5) is 26.7. The zero-order valence-corrected chi connectivity index (χ0v) is 8.86. The van der Waals surface area contributed by atoms with Crippen LogP contribution in [0.25, 0.3) is 0 Å². The maximum Gasteiger partial charge on any atom is 0.311 e. The second kappa shape index (κ2) is 4.30. The lowest BCUT2D eigenvalue weighted by Crippen LogP contribution is -2.19. The van der Waals surface area contributed by atoms with Crippen LogP contribution in [0.15, 0.2) is 12.3 Å². The molecule has 16 heavy (non-hydrogen) atoms. The average molecular weight is 221 g/mol. The third kappa shape index (κ3) is 2.03. The third-order valence-corrected chi connectivity index (χ3v) is 2.25. The molecule has 0 amide bonds. The molecule has 0 radical (unpaired) electrons. The van der Waals surface area contributed by atoms with Crippen LogP contribution in [-0.2, 0) is 16.0 Å². The molecule has 0 aliphatic carbocycles. The molecule has 0 saturated carbocycles. The van der Waals surface area contributed by atoms with Gasteiger partial charge in [-0.3, -0.25) is 14.6 Å². The Labute approximate surface area is 92.4 Å². The van der Waals surface area contributed by atoms with Gasteiger partial charge in [0.2, 0.25) is 0 Å². The van der Waals surface area contributed by atoms with Gasteiger partial charge in [-0.15, -0.1) is 0 Å². The van der Waals surface area contributed by atoms with Gasteiger partial charge in [-0.25, -0.2) is 0 Å². The van der Waals surface area contributed by atoms with Crippen LogP contribution >= 0.6 is 0 Å². The van der Waals surface area contributed by atoms with Crippen molar-refractivity contribution in [2.75, 3.05) is 0 Å². The Bertz CT molecular complexity index is 442. The molecule has 0 N–H and O–H groups in total. The molecule has 0 spiro atoms. The average Bonchev–Trinajstić information content (AvgIpc) is 2.27. The number of ether oxygens (including phenoxy) is 2. The van der Waals surface area contributed by atoms with E-state index in [2.05, 4.69) is 4.98 Å². The summed E-state index contributed by atoms with van der Waals surface area (Å²) in [6.07, 6.45) is 2.22. The van der Waals surface area contributed by atoms with E-state index in [0.717, 1.165) is 0 Å². The number of esters is 2. The van der Waals surface area contributed by atoms with E-state index in [9.17, 15) is 9.59 Å². The van der Waals surface area contributed by atoms with Crippen molar-refractivity contribution in [3.05, 3.63) is 18.0 Å². The van der Waals surface area contributed by atoms with E-state index in [1.807, 2.05) is 6.92 Å². The van der Waals surface area contributed by atoms with Gasteiger partial charge in [-0.2, -0.15) is 0 Å². The van der Waals surface area contributed by atoms with Crippen LogP contribution in [0.5, 0.6) is 11.5 Å². The van der Waals surface area contributed by atoms with Crippen LogP contribution in [0.4, 0.5) is 0 Å². The molecule has 0 bridgehead atoms. The minimum absolute atomic E-state index is 0.0380. The molecule has 1 aromatic rings. The Balaban J connectivity index is 2.46. The second-order valence-electron chi connectivity index (χ2n) is 3.39. The van der Waals surface area contributed by atoms with Gasteiger partial charge in [0.05, 0.1) is 18.5 Å². The summed E-state index contributed by atoms with van der Waals surface area (Å²) in [7, 11) is 0. The standard InChI is InChI=1S/C11H11NO4/c1-2-7-11-8(5-6-12-7)15-9(13)3-4-10(14)16-11/h5-6H,2-4H2,1H3. The Morgan fingerprint density at radius 3 is 2.62 bits per heavy atom. The van der Waals surface area contributed by atoms with Crippen LogP contribution in [-0.4, -0.2) is 16.9 Å². The van der Waals surface area contributed by atoms with Crippen molar-refractivity contribution in [2.24, 2.45) is 0 Å². The zero-order valence-electron chi connectivity index (χ0n) is 8.86. The van der Waals surface area contributed by atoms with Gasteiger partial charge in [-0.05, 0) is 6.42 Å². The smallest absolute Gasteiger partial charge is 0.311 e. The van der Waals surface area contributed by atoms with Gasteiger partial charge in [0.1, 0.15) is 0 Å². The fraction of sp³-hybridized carbons (Fsp3) is 0.364. The molecular weight excluding hydrogens is 210 g/mol. The Morgan fingerprint density at radius 2 is 1.94 bits per heavy atom. The molecule has 5 nitrogen and oxygen atoms in total. The number of rotatable bonds is 1. The second-order valence-corrected chi connectivity index (χ2v) is 3.39. The maximum atomic E-state index is 11.4.